The van der Waals surface area contributed by atoms with Crippen molar-refractivity contribution >= 4 is 11.0 Å². The molecule has 4 nitrogen and oxygen atoms in total. The molecule has 21 heavy (non-hydrogen) atoms. The van der Waals surface area contributed by atoms with Crippen molar-refractivity contribution in [2.75, 3.05) is 13.1 Å². The molecule has 4 heterocycles. The molecule has 1 aliphatic rings. The summed E-state index contributed by atoms with van der Waals surface area (Å²) in [4.78, 5) is 12.4. The average Bonchev–Trinajstić information content (AvgIpc) is 2.99. The van der Waals surface area contributed by atoms with E-state index in [0.717, 1.165) is 30.1 Å². The normalized spacial score (nSPS) is 16.4. The second-order valence-electron chi connectivity index (χ2n) is 5.58. The summed E-state index contributed by atoms with van der Waals surface area (Å²) in [6.45, 7) is 2.22. The molecule has 0 spiro atoms. The molecule has 0 saturated carbocycles. The number of nitrogens with zero attached hydrogens (tertiary/aromatic N) is 2. The highest BCUT2D eigenvalue weighted by molar-refractivity contribution is 5.82. The minimum atomic E-state index is 0.641. The van der Waals surface area contributed by atoms with Crippen molar-refractivity contribution in [3.8, 4) is 11.4 Å². The average molecular weight is 278 g/mol. The molecule has 3 aromatic heterocycles. The van der Waals surface area contributed by atoms with E-state index in [0.29, 0.717) is 5.92 Å². The van der Waals surface area contributed by atoms with Crippen LogP contribution in [0.5, 0.6) is 0 Å². The van der Waals surface area contributed by atoms with E-state index in [9.17, 15) is 0 Å². The minimum absolute atomic E-state index is 0.641. The number of H-pyrrole nitrogens is 1. The van der Waals surface area contributed by atoms with Gasteiger partial charge in [-0.1, -0.05) is 6.07 Å². The molecule has 1 fully saturated rings. The van der Waals surface area contributed by atoms with Crippen molar-refractivity contribution in [2.45, 2.75) is 18.8 Å². The molecule has 0 unspecified atom stereocenters. The van der Waals surface area contributed by atoms with Crippen LogP contribution in [-0.2, 0) is 0 Å². The Kier molecular flexibility index (Phi) is 3.16. The first kappa shape index (κ1) is 12.5. The Balaban J connectivity index is 1.73. The van der Waals surface area contributed by atoms with Crippen LogP contribution in [-0.4, -0.2) is 28.0 Å². The van der Waals surface area contributed by atoms with Crippen molar-refractivity contribution in [3.63, 3.8) is 0 Å². The van der Waals surface area contributed by atoms with E-state index in [2.05, 4.69) is 33.6 Å². The Morgan fingerprint density at radius 2 is 1.90 bits per heavy atom. The van der Waals surface area contributed by atoms with Gasteiger partial charge in [0, 0.05) is 17.8 Å². The lowest BCUT2D eigenvalue weighted by Gasteiger charge is -2.22. The first-order valence-electron chi connectivity index (χ1n) is 7.52. The largest absolute Gasteiger partial charge is 0.346 e. The topological polar surface area (TPSA) is 53.6 Å². The van der Waals surface area contributed by atoms with E-state index in [1.165, 1.54) is 23.8 Å². The second kappa shape index (κ2) is 5.30. The van der Waals surface area contributed by atoms with Gasteiger partial charge < -0.3 is 10.3 Å². The number of hydrogen-bond donors (Lipinski definition) is 2. The van der Waals surface area contributed by atoms with Gasteiger partial charge in [0.1, 0.15) is 5.65 Å². The van der Waals surface area contributed by atoms with E-state index in [1.54, 1.807) is 6.20 Å². The van der Waals surface area contributed by atoms with E-state index >= 15 is 0 Å². The fraction of sp³-hybridized carbons (Fsp3) is 0.294. The Labute approximate surface area is 123 Å². The zero-order valence-electron chi connectivity index (χ0n) is 11.8. The summed E-state index contributed by atoms with van der Waals surface area (Å²) in [6, 6.07) is 10.2. The molecule has 1 saturated heterocycles. The molecule has 4 rings (SSSR count). The van der Waals surface area contributed by atoms with Crippen molar-refractivity contribution in [2.24, 2.45) is 0 Å². The predicted molar refractivity (Wildman–Crippen MR) is 84.2 cm³/mol. The molecular formula is C17H18N4. The molecule has 0 aromatic carbocycles. The summed E-state index contributed by atoms with van der Waals surface area (Å²) in [5.74, 6) is 0.641. The van der Waals surface area contributed by atoms with Gasteiger partial charge in [-0.3, -0.25) is 4.98 Å². The molecule has 0 bridgehead atoms. The van der Waals surface area contributed by atoms with Gasteiger partial charge in [-0.25, -0.2) is 4.98 Å². The zero-order valence-corrected chi connectivity index (χ0v) is 11.8. The van der Waals surface area contributed by atoms with Crippen LogP contribution in [0.25, 0.3) is 22.4 Å². The van der Waals surface area contributed by atoms with Crippen molar-refractivity contribution in [3.05, 3.63) is 48.3 Å². The summed E-state index contributed by atoms with van der Waals surface area (Å²) in [5.41, 5.74) is 4.21. The van der Waals surface area contributed by atoms with Gasteiger partial charge in [0.2, 0.25) is 0 Å². The third-order valence-corrected chi connectivity index (χ3v) is 4.28. The maximum atomic E-state index is 4.73. The van der Waals surface area contributed by atoms with E-state index in [-0.39, 0.29) is 0 Å². The van der Waals surface area contributed by atoms with Gasteiger partial charge in [0.25, 0.3) is 0 Å². The van der Waals surface area contributed by atoms with Crippen LogP contribution in [0.4, 0.5) is 0 Å². The number of hydrogen-bond acceptors (Lipinski definition) is 3. The number of aromatic nitrogens is 3. The zero-order chi connectivity index (χ0) is 14.1. The summed E-state index contributed by atoms with van der Waals surface area (Å²) >= 11 is 0. The van der Waals surface area contributed by atoms with Crippen LogP contribution in [0, 0.1) is 0 Å². The quantitative estimate of drug-likeness (QED) is 0.757. The van der Waals surface area contributed by atoms with Crippen molar-refractivity contribution in [1.29, 1.82) is 0 Å². The minimum Gasteiger partial charge on any atom is -0.346 e. The van der Waals surface area contributed by atoms with Gasteiger partial charge in [-0.15, -0.1) is 0 Å². The lowest BCUT2D eigenvalue weighted by atomic mass is 9.90. The third kappa shape index (κ3) is 2.32. The van der Waals surface area contributed by atoms with Crippen LogP contribution in [0.1, 0.15) is 24.3 Å². The number of nitrogens with one attached hydrogen (secondary N) is 2. The van der Waals surface area contributed by atoms with Crippen molar-refractivity contribution in [1.82, 2.24) is 20.3 Å². The summed E-state index contributed by atoms with van der Waals surface area (Å²) in [5, 5.41) is 4.67. The lowest BCUT2D eigenvalue weighted by molar-refractivity contribution is 0.462. The van der Waals surface area contributed by atoms with E-state index in [1.807, 2.05) is 18.2 Å². The Bertz CT molecular complexity index is 742. The van der Waals surface area contributed by atoms with Gasteiger partial charge in [-0.2, -0.15) is 0 Å². The highest BCUT2D eigenvalue weighted by Gasteiger charge is 2.19. The monoisotopic (exact) mass is 278 g/mol. The first-order valence-corrected chi connectivity index (χ1v) is 7.52. The second-order valence-corrected chi connectivity index (χ2v) is 5.58. The third-order valence-electron chi connectivity index (χ3n) is 4.28. The number of rotatable bonds is 2. The number of pyridine rings is 2. The van der Waals surface area contributed by atoms with Gasteiger partial charge >= 0.3 is 0 Å². The molecule has 0 amide bonds. The lowest BCUT2D eigenvalue weighted by Crippen LogP contribution is -2.26. The summed E-state index contributed by atoms with van der Waals surface area (Å²) < 4.78 is 0. The fourth-order valence-electron chi connectivity index (χ4n) is 3.15. The summed E-state index contributed by atoms with van der Waals surface area (Å²) in [6.07, 6.45) is 6.34. The van der Waals surface area contributed by atoms with Gasteiger partial charge in [0.05, 0.1) is 11.4 Å². The number of fused-ring (bicyclic) bond motifs is 1. The molecule has 0 radical (unpaired) electrons. The molecular weight excluding hydrogens is 260 g/mol. The van der Waals surface area contributed by atoms with Gasteiger partial charge in [0.15, 0.2) is 0 Å². The van der Waals surface area contributed by atoms with E-state index < -0.39 is 0 Å². The standard InChI is InChI=1S/C17H18N4/c1-2-8-19-15(3-1)16-5-4-13-14(11-20-17(13)21-16)12-6-9-18-10-7-12/h1-5,8,11-12,18H,6-7,9-10H2,(H,20,21). The van der Waals surface area contributed by atoms with Crippen LogP contribution >= 0.6 is 0 Å². The Morgan fingerprint density at radius 1 is 1.00 bits per heavy atom. The Hall–Kier alpha value is -2.20. The molecule has 106 valence electrons. The van der Waals surface area contributed by atoms with Gasteiger partial charge in [-0.05, 0) is 61.7 Å². The van der Waals surface area contributed by atoms with Crippen molar-refractivity contribution < 1.29 is 0 Å². The smallest absolute Gasteiger partial charge is 0.138 e. The molecule has 0 aliphatic carbocycles. The maximum absolute atomic E-state index is 4.73. The SMILES string of the molecule is c1ccc(-c2ccc3c(C4CCNCC4)c[nH]c3n2)nc1. The maximum Gasteiger partial charge on any atom is 0.138 e. The molecule has 2 N–H and O–H groups in total. The van der Waals surface area contributed by atoms with Crippen LogP contribution < -0.4 is 5.32 Å². The first-order chi connectivity index (χ1) is 10.4. The molecule has 1 aliphatic heterocycles. The molecule has 0 atom stereocenters. The number of piperidine rings is 1. The number of aromatic amines is 1. The van der Waals surface area contributed by atoms with Crippen LogP contribution in [0.15, 0.2) is 42.7 Å². The van der Waals surface area contributed by atoms with Crippen LogP contribution in [0.2, 0.25) is 0 Å². The molecule has 3 aromatic rings. The predicted octanol–water partition coefficient (Wildman–Crippen LogP) is 3.09. The fourth-order valence-corrected chi connectivity index (χ4v) is 3.15. The highest BCUT2D eigenvalue weighted by atomic mass is 14.9. The highest BCUT2D eigenvalue weighted by Crippen LogP contribution is 2.31. The Morgan fingerprint density at radius 3 is 2.71 bits per heavy atom. The summed E-state index contributed by atoms with van der Waals surface area (Å²) in [7, 11) is 0. The molecule has 4 heteroatoms. The van der Waals surface area contributed by atoms with Crippen LogP contribution in [0.3, 0.4) is 0 Å². The van der Waals surface area contributed by atoms with E-state index in [4.69, 9.17) is 4.98 Å².